The first-order valence-electron chi connectivity index (χ1n) is 8.07. The van der Waals surface area contributed by atoms with Crippen LogP contribution >= 0.6 is 0 Å². The Balaban J connectivity index is 1.92. The Morgan fingerprint density at radius 3 is 2.40 bits per heavy atom. The molecule has 3 rings (SSSR count). The van der Waals surface area contributed by atoms with Gasteiger partial charge in [0.05, 0.1) is 10.9 Å². The Hall–Kier alpha value is -2.95. The van der Waals surface area contributed by atoms with Gasteiger partial charge in [0, 0.05) is 16.7 Å². The monoisotopic (exact) mass is 336 g/mol. The Bertz CT molecular complexity index is 996. The van der Waals surface area contributed by atoms with Crippen LogP contribution in [0.5, 0.6) is 0 Å². The third-order valence-electron chi connectivity index (χ3n) is 3.85. The smallest absolute Gasteiger partial charge is 0.347 e. The molecule has 0 saturated carbocycles. The topological polar surface area (TPSA) is 72.2 Å². The number of hydrogen-bond donors (Lipinski definition) is 1. The van der Waals surface area contributed by atoms with Gasteiger partial charge in [0.25, 0.3) is 0 Å². The van der Waals surface area contributed by atoms with Crippen LogP contribution in [0, 0.1) is 12.3 Å². The van der Waals surface area contributed by atoms with Gasteiger partial charge in [-0.2, -0.15) is 0 Å². The molecule has 0 aliphatic heterocycles. The number of nitrogens with one attached hydrogen (secondary N) is 1. The van der Waals surface area contributed by atoms with Crippen molar-refractivity contribution in [2.24, 2.45) is 5.41 Å². The highest BCUT2D eigenvalue weighted by molar-refractivity contribution is 5.94. The Kier molecular flexibility index (Phi) is 4.17. The first kappa shape index (κ1) is 16.9. The maximum absolute atomic E-state index is 12.2. The zero-order chi connectivity index (χ0) is 18.2. The maximum Gasteiger partial charge on any atom is 0.347 e. The lowest BCUT2D eigenvalue weighted by Gasteiger charge is -2.17. The predicted octanol–water partition coefficient (Wildman–Crippen LogP) is 4.15. The average molecular weight is 336 g/mol. The molecule has 3 aromatic rings. The van der Waals surface area contributed by atoms with E-state index in [0.717, 1.165) is 5.56 Å². The van der Waals surface area contributed by atoms with Crippen LogP contribution in [-0.2, 0) is 4.79 Å². The molecule has 0 spiro atoms. The van der Waals surface area contributed by atoms with Gasteiger partial charge in [0.1, 0.15) is 0 Å². The van der Waals surface area contributed by atoms with E-state index in [1.165, 1.54) is 0 Å². The summed E-state index contributed by atoms with van der Waals surface area (Å²) in [4.78, 5) is 28.6. The molecule has 0 radical (unpaired) electrons. The van der Waals surface area contributed by atoms with E-state index in [1.54, 1.807) is 30.3 Å². The average Bonchev–Trinajstić information content (AvgIpc) is 2.55. The van der Waals surface area contributed by atoms with Gasteiger partial charge in [0.2, 0.25) is 11.8 Å². The maximum atomic E-state index is 12.2. The summed E-state index contributed by atoms with van der Waals surface area (Å²) in [5.74, 6) is 0.195. The van der Waals surface area contributed by atoms with Crippen molar-refractivity contribution < 1.29 is 9.21 Å². The van der Waals surface area contributed by atoms with Gasteiger partial charge < -0.3 is 9.73 Å². The normalized spacial score (nSPS) is 11.5. The second kappa shape index (κ2) is 6.16. The van der Waals surface area contributed by atoms with Gasteiger partial charge >= 0.3 is 5.63 Å². The lowest BCUT2D eigenvalue weighted by molar-refractivity contribution is -0.123. The Labute approximate surface area is 145 Å². The fourth-order valence-electron chi connectivity index (χ4n) is 2.32. The number of rotatable bonds is 2. The number of carbonyl (C=O) groups is 1. The highest BCUT2D eigenvalue weighted by Crippen LogP contribution is 2.22. The molecular weight excluding hydrogens is 316 g/mol. The quantitative estimate of drug-likeness (QED) is 0.763. The minimum atomic E-state index is -0.469. The molecule has 25 heavy (non-hydrogen) atoms. The van der Waals surface area contributed by atoms with Crippen molar-refractivity contribution in [3.63, 3.8) is 0 Å². The summed E-state index contributed by atoms with van der Waals surface area (Å²) in [6, 6.07) is 12.5. The molecule has 0 saturated heterocycles. The van der Waals surface area contributed by atoms with Crippen LogP contribution in [-0.4, -0.2) is 10.9 Å². The zero-order valence-electron chi connectivity index (χ0n) is 14.7. The number of aryl methyl sites for hydroxylation is 1. The fourth-order valence-corrected chi connectivity index (χ4v) is 2.32. The van der Waals surface area contributed by atoms with Crippen molar-refractivity contribution in [2.45, 2.75) is 27.7 Å². The predicted molar refractivity (Wildman–Crippen MR) is 98.5 cm³/mol. The van der Waals surface area contributed by atoms with Crippen LogP contribution in [0.4, 0.5) is 5.69 Å². The number of aromatic nitrogens is 1. The van der Waals surface area contributed by atoms with Crippen molar-refractivity contribution in [1.82, 2.24) is 4.98 Å². The first-order chi connectivity index (χ1) is 11.7. The van der Waals surface area contributed by atoms with Crippen molar-refractivity contribution >= 4 is 22.5 Å². The third-order valence-corrected chi connectivity index (χ3v) is 3.85. The zero-order valence-corrected chi connectivity index (χ0v) is 14.7. The van der Waals surface area contributed by atoms with Gasteiger partial charge in [-0.15, -0.1) is 0 Å². The number of fused-ring (bicyclic) bond motifs is 1. The number of nitrogens with zero attached hydrogens (tertiary/aromatic N) is 1. The molecular formula is C20H20N2O3. The Morgan fingerprint density at radius 2 is 1.76 bits per heavy atom. The van der Waals surface area contributed by atoms with E-state index in [2.05, 4.69) is 10.3 Å². The summed E-state index contributed by atoms with van der Waals surface area (Å²) in [7, 11) is 0. The van der Waals surface area contributed by atoms with Crippen LogP contribution in [0.1, 0.15) is 26.3 Å². The molecule has 5 nitrogen and oxygen atoms in total. The molecule has 1 heterocycles. The van der Waals surface area contributed by atoms with Crippen LogP contribution in [0.2, 0.25) is 0 Å². The molecule has 2 aromatic carbocycles. The second-order valence-corrected chi connectivity index (χ2v) is 7.11. The van der Waals surface area contributed by atoms with E-state index in [-0.39, 0.29) is 11.8 Å². The molecule has 1 N–H and O–H groups in total. The standard InChI is InChI=1S/C20H20N2O3/c1-12-5-10-16-15(11-12)18(23)25-17(22-16)13-6-8-14(9-7-13)21-19(24)20(2,3)4/h5-11H,1-4H3,(H,21,24). The highest BCUT2D eigenvalue weighted by Gasteiger charge is 2.21. The van der Waals surface area contributed by atoms with Gasteiger partial charge in [-0.05, 0) is 43.3 Å². The SMILES string of the molecule is Cc1ccc2nc(-c3ccc(NC(=O)C(C)(C)C)cc3)oc(=O)c2c1. The number of anilines is 1. The van der Waals surface area contributed by atoms with Crippen molar-refractivity contribution in [3.8, 4) is 11.5 Å². The minimum Gasteiger partial charge on any atom is -0.403 e. The molecule has 5 heteroatoms. The summed E-state index contributed by atoms with van der Waals surface area (Å²) >= 11 is 0. The minimum absolute atomic E-state index is 0.0639. The summed E-state index contributed by atoms with van der Waals surface area (Å²) < 4.78 is 5.35. The fraction of sp³-hybridized carbons (Fsp3) is 0.250. The second-order valence-electron chi connectivity index (χ2n) is 7.11. The van der Waals surface area contributed by atoms with Crippen LogP contribution in [0.25, 0.3) is 22.4 Å². The van der Waals surface area contributed by atoms with E-state index in [9.17, 15) is 9.59 Å². The molecule has 0 aliphatic carbocycles. The first-order valence-corrected chi connectivity index (χ1v) is 8.07. The van der Waals surface area contributed by atoms with Crippen LogP contribution in [0.3, 0.4) is 0 Å². The van der Waals surface area contributed by atoms with Crippen LogP contribution in [0.15, 0.2) is 51.7 Å². The van der Waals surface area contributed by atoms with Crippen LogP contribution < -0.4 is 10.9 Å². The number of amides is 1. The van der Waals surface area contributed by atoms with E-state index in [4.69, 9.17) is 4.42 Å². The highest BCUT2D eigenvalue weighted by atomic mass is 16.4. The molecule has 1 amide bonds. The largest absolute Gasteiger partial charge is 0.403 e. The van der Waals surface area contributed by atoms with Crippen molar-refractivity contribution in [3.05, 3.63) is 58.4 Å². The van der Waals surface area contributed by atoms with E-state index in [1.807, 2.05) is 39.8 Å². The van der Waals surface area contributed by atoms with E-state index >= 15 is 0 Å². The summed E-state index contributed by atoms with van der Waals surface area (Å²) in [5, 5.41) is 3.33. The number of carbonyl (C=O) groups excluding carboxylic acids is 1. The number of hydrogen-bond acceptors (Lipinski definition) is 4. The lowest BCUT2D eigenvalue weighted by Crippen LogP contribution is -2.27. The Morgan fingerprint density at radius 1 is 1.08 bits per heavy atom. The third kappa shape index (κ3) is 3.60. The molecule has 0 aliphatic rings. The van der Waals surface area contributed by atoms with Gasteiger partial charge in [-0.1, -0.05) is 32.4 Å². The summed E-state index contributed by atoms with van der Waals surface area (Å²) in [6.45, 7) is 7.47. The summed E-state index contributed by atoms with van der Waals surface area (Å²) in [6.07, 6.45) is 0. The van der Waals surface area contributed by atoms with Gasteiger partial charge in [0.15, 0.2) is 0 Å². The molecule has 0 unspecified atom stereocenters. The molecule has 0 atom stereocenters. The summed E-state index contributed by atoms with van der Waals surface area (Å²) in [5.41, 5.74) is 2.06. The number of benzene rings is 2. The van der Waals surface area contributed by atoms with Crippen molar-refractivity contribution in [1.29, 1.82) is 0 Å². The van der Waals surface area contributed by atoms with Gasteiger partial charge in [-0.3, -0.25) is 4.79 Å². The molecule has 0 bridgehead atoms. The molecule has 128 valence electrons. The van der Waals surface area contributed by atoms with Crippen molar-refractivity contribution in [2.75, 3.05) is 5.32 Å². The molecule has 1 aromatic heterocycles. The van der Waals surface area contributed by atoms with E-state index < -0.39 is 11.0 Å². The molecule has 0 fully saturated rings. The lowest BCUT2D eigenvalue weighted by atomic mass is 9.95. The van der Waals surface area contributed by atoms with E-state index in [0.29, 0.717) is 22.2 Å². The van der Waals surface area contributed by atoms with Gasteiger partial charge in [-0.25, -0.2) is 9.78 Å².